The Morgan fingerprint density at radius 1 is 0.716 bits per heavy atom. The van der Waals surface area contributed by atoms with E-state index in [9.17, 15) is 38.7 Å². The summed E-state index contributed by atoms with van der Waals surface area (Å²) in [6.07, 6.45) is 1.02. The van der Waals surface area contributed by atoms with Crippen LogP contribution in [-0.2, 0) is 50.3 Å². The van der Waals surface area contributed by atoms with Crippen molar-refractivity contribution in [2.24, 2.45) is 105 Å². The monoisotopic (exact) mass is 1080 g/mol. The molecule has 10 atom stereocenters. The van der Waals surface area contributed by atoms with Crippen LogP contribution in [0.5, 0.6) is 0 Å². The molecule has 0 aromatic heterocycles. The Morgan fingerprint density at radius 3 is 1.69 bits per heavy atom. The van der Waals surface area contributed by atoms with E-state index in [2.05, 4.69) is 5.32 Å². The van der Waals surface area contributed by atoms with Gasteiger partial charge in [0, 0.05) is 125 Å². The second kappa shape index (κ2) is 25.2. The molecular weight excluding hydrogens is 1010 g/mol. The number of hydrogen-bond acceptors (Lipinski definition) is 17. The van der Waals surface area contributed by atoms with Gasteiger partial charge in [-0.05, 0) is 81.9 Å². The predicted molar refractivity (Wildman–Crippen MR) is 272 cm³/mol. The van der Waals surface area contributed by atoms with Crippen LogP contribution in [0.15, 0.2) is 60.0 Å². The van der Waals surface area contributed by atoms with E-state index in [1.165, 1.54) is 0 Å². The van der Waals surface area contributed by atoms with Crippen LogP contribution in [0.4, 0.5) is 0 Å². The average Bonchev–Trinajstić information content (AvgIpc) is 3.87. The molecule has 0 spiro atoms. The average molecular weight is 1080 g/mol. The molecule has 5 heterocycles. The first-order valence-electron chi connectivity index (χ1n) is 24.0. The second-order valence-corrected chi connectivity index (χ2v) is 21.2. The molecule has 5 rings (SSSR count). The number of fused-ring (bicyclic) bond motifs is 6. The van der Waals surface area contributed by atoms with Gasteiger partial charge in [-0.25, -0.2) is 0 Å². The summed E-state index contributed by atoms with van der Waals surface area (Å²) >= 11 is 0. The molecule has 0 saturated carbocycles. The number of nitrogens with zero attached hydrogens (tertiary/aromatic N) is 6. The van der Waals surface area contributed by atoms with Crippen LogP contribution in [0.25, 0.3) is 5.32 Å². The molecule has 1 radical (unpaired) electrons. The first-order chi connectivity index (χ1) is 33.8. The minimum absolute atomic E-state index is 0. The van der Waals surface area contributed by atoms with Crippen LogP contribution < -0.4 is 39.7 Å². The second-order valence-electron chi connectivity index (χ2n) is 21.2. The molecule has 0 aromatic carbocycles. The molecule has 25 nitrogen and oxygen atoms in total. The van der Waals surface area contributed by atoms with Gasteiger partial charge in [0.2, 0.25) is 41.4 Å². The van der Waals surface area contributed by atoms with Gasteiger partial charge in [-0.15, -0.1) is 10.7 Å². The number of carbonyl (C=O) groups excluding carboxylic acids is 7. The summed E-state index contributed by atoms with van der Waals surface area (Å²) in [4.78, 5) is 124. The fraction of sp³-hybridized carbons (Fsp3) is 0.667. The summed E-state index contributed by atoms with van der Waals surface area (Å²) in [6, 6.07) is -0.923. The fourth-order valence-corrected chi connectivity index (χ4v) is 12.2. The maximum absolute atomic E-state index is 13.5. The van der Waals surface area contributed by atoms with E-state index in [0.717, 1.165) is 10.7 Å². The first kappa shape index (κ1) is 63.7. The smallest absolute Gasteiger partial charge is 0.220 e. The van der Waals surface area contributed by atoms with Gasteiger partial charge in [0.05, 0.1) is 17.3 Å². The summed E-state index contributed by atoms with van der Waals surface area (Å²) in [5.41, 5.74) is 34.4. The van der Waals surface area contributed by atoms with Crippen molar-refractivity contribution >= 4 is 58.5 Å². The number of rotatable bonds is 20. The number of amides is 7. The van der Waals surface area contributed by atoms with E-state index in [1.807, 2.05) is 61.5 Å². The van der Waals surface area contributed by atoms with Gasteiger partial charge in [-0.3, -0.25) is 48.5 Å². The molecule has 14 N–H and O–H groups in total. The number of aliphatic hydroxyl groups excluding tert-OH is 1. The molecule has 1 saturated heterocycles. The van der Waals surface area contributed by atoms with Crippen LogP contribution >= 0.6 is 0 Å². The van der Waals surface area contributed by atoms with Crippen molar-refractivity contribution in [3.63, 3.8) is 0 Å². The molecule has 26 heteroatoms. The standard InChI is InChI=1S/C48H73N11O8.Co.2HNO2/c1-23(60)22-55-38(67)16-17-45(6)29(18-35(52)64)43-48(9)47(8,21-37(54)66)28(12-15-34(51)63)40(59-48)25(3)42-46(7,20-36(53)65)26(10-13-32(49)61)30(56-42)19-31-44(4,5)27(11-14-33(50)62)39(57-31)24(2)41(45)58-43;;2*2-1-3/h19,23,26-29,43,60H,10-18,20-22H2,1-9H3,(H14,49,50,51,52,53,54,55,56,57,58,59,61,62,63,64,65,66,67);;2*(H,2,3)/p-3. The zero-order chi connectivity index (χ0) is 55.8. The Morgan fingerprint density at radius 2 is 1.22 bits per heavy atom. The molecule has 5 aliphatic rings. The first-order valence-corrected chi connectivity index (χ1v) is 24.0. The Bertz CT molecular complexity index is 2430. The van der Waals surface area contributed by atoms with Gasteiger partial charge in [0.15, 0.2) is 0 Å². The number of hydrogen-bond donors (Lipinski definition) is 8. The van der Waals surface area contributed by atoms with Gasteiger partial charge in [0.25, 0.3) is 0 Å². The van der Waals surface area contributed by atoms with Crippen molar-refractivity contribution in [1.82, 2.24) is 5.32 Å². The van der Waals surface area contributed by atoms with Crippen LogP contribution in [-0.4, -0.2) is 87.8 Å². The molecular formula is C48H72CoN13O12-3. The maximum Gasteiger partial charge on any atom is 0.220 e. The van der Waals surface area contributed by atoms with Crippen molar-refractivity contribution in [3.8, 4) is 0 Å². The summed E-state index contributed by atoms with van der Waals surface area (Å²) in [7, 11) is 0. The van der Waals surface area contributed by atoms with Gasteiger partial charge in [0.1, 0.15) is 0 Å². The van der Waals surface area contributed by atoms with E-state index in [4.69, 9.17) is 74.9 Å². The topological polar surface area (TPSA) is 464 Å². The number of allylic oxidation sites excluding steroid dienone is 6. The third kappa shape index (κ3) is 13.3. The van der Waals surface area contributed by atoms with Crippen LogP contribution in [0.3, 0.4) is 0 Å². The Balaban J connectivity index is 0.00000255. The SMILES string of the molecule is CC1=C2N=C(C=C3N=C(C(C)=C4[N-]C(C(CC(N)=O)C4(C)CCC(=O)NCC(C)O)C4(C)N=C1C(CCC(N)=O)C4(C)CC(N)=O)C(CCC(N)=O)C3(C)C)C(CCC(N)=O)C2(C)CC(N)=O.O=N[O-].O=N[O-].[Co]. The summed E-state index contributed by atoms with van der Waals surface area (Å²) < 4.78 is 0. The minimum Gasteiger partial charge on any atom is -0.682 e. The summed E-state index contributed by atoms with van der Waals surface area (Å²) in [5, 5.41) is 36.3. The van der Waals surface area contributed by atoms with Crippen molar-refractivity contribution in [2.75, 3.05) is 6.54 Å². The fourth-order valence-electron chi connectivity index (χ4n) is 12.2. The van der Waals surface area contributed by atoms with Crippen molar-refractivity contribution < 1.29 is 55.4 Å². The largest absolute Gasteiger partial charge is 0.682 e. The molecule has 10 unspecified atom stereocenters. The predicted octanol–water partition coefficient (Wildman–Crippen LogP) is 3.02. The van der Waals surface area contributed by atoms with Gasteiger partial charge in [-0.2, -0.15) is 5.70 Å². The quantitative estimate of drug-likeness (QED) is 0.0644. The number of carbonyl (C=O) groups is 7. The minimum atomic E-state index is -1.40. The zero-order valence-electron chi connectivity index (χ0n) is 43.4. The van der Waals surface area contributed by atoms with Gasteiger partial charge in [-0.1, -0.05) is 40.7 Å². The molecule has 8 bridgehead atoms. The molecule has 5 aliphatic heterocycles. The normalized spacial score (nSPS) is 29.5. The molecule has 7 amide bonds. The maximum atomic E-state index is 13.5. The summed E-state index contributed by atoms with van der Waals surface area (Å²) in [5.74, 6) is -6.42. The molecule has 0 aliphatic carbocycles. The van der Waals surface area contributed by atoms with E-state index < -0.39 is 98.5 Å². The molecule has 0 aromatic rings. The van der Waals surface area contributed by atoms with Crippen molar-refractivity contribution in [3.05, 3.63) is 59.9 Å². The van der Waals surface area contributed by atoms with E-state index in [-0.39, 0.29) is 93.4 Å². The van der Waals surface area contributed by atoms with Crippen molar-refractivity contribution in [1.29, 1.82) is 0 Å². The number of nitrogens with one attached hydrogen (secondary N) is 1. The Labute approximate surface area is 440 Å². The molecule has 1 fully saturated rings. The Kier molecular flexibility index (Phi) is 21.7. The third-order valence-electron chi connectivity index (χ3n) is 16.0. The van der Waals surface area contributed by atoms with E-state index in [1.54, 1.807) is 6.92 Å². The molecule has 74 heavy (non-hydrogen) atoms. The van der Waals surface area contributed by atoms with Crippen LogP contribution in [0.2, 0.25) is 0 Å². The number of primary amides is 6. The van der Waals surface area contributed by atoms with Gasteiger partial charge >= 0.3 is 0 Å². The Hall–Kier alpha value is -6.41. The van der Waals surface area contributed by atoms with Crippen molar-refractivity contribution in [2.45, 2.75) is 151 Å². The number of nitrogens with two attached hydrogens (primary N) is 6. The van der Waals surface area contributed by atoms with E-state index in [0.29, 0.717) is 51.8 Å². The van der Waals surface area contributed by atoms with Gasteiger partial charge < -0.3 is 70.4 Å². The van der Waals surface area contributed by atoms with E-state index >= 15 is 0 Å². The zero-order valence-corrected chi connectivity index (χ0v) is 44.5. The van der Waals surface area contributed by atoms with Crippen LogP contribution in [0.1, 0.15) is 133 Å². The van der Waals surface area contributed by atoms with Crippen LogP contribution in [0, 0.1) is 65.6 Å². The summed E-state index contributed by atoms with van der Waals surface area (Å²) in [6.45, 7) is 16.8. The molecule has 413 valence electrons. The number of aliphatic hydroxyl groups is 1. The number of aliphatic imine (C=N–C) groups is 3. The third-order valence-corrected chi connectivity index (χ3v) is 16.0.